The molecule has 0 aromatic heterocycles. The molecule has 0 aliphatic rings. The van der Waals surface area contributed by atoms with Crippen molar-refractivity contribution in [2.24, 2.45) is 0 Å². The van der Waals surface area contributed by atoms with E-state index in [2.05, 4.69) is 5.32 Å². The van der Waals surface area contributed by atoms with Gasteiger partial charge in [-0.1, -0.05) is 73.1 Å². The maximum atomic E-state index is 14.5. The minimum atomic E-state index is -4.31. The van der Waals surface area contributed by atoms with Gasteiger partial charge in [-0.05, 0) is 66.1 Å². The summed E-state index contributed by atoms with van der Waals surface area (Å²) in [5.41, 5.74) is 1.75. The van der Waals surface area contributed by atoms with Crippen LogP contribution < -0.4 is 19.1 Å². The van der Waals surface area contributed by atoms with E-state index in [0.29, 0.717) is 23.7 Å². The Morgan fingerprint density at radius 1 is 0.826 bits per heavy atom. The topological polar surface area (TPSA) is 105 Å². The van der Waals surface area contributed by atoms with Crippen LogP contribution in [0.1, 0.15) is 24.5 Å². The number of hydrogen-bond donors (Lipinski definition) is 1. The van der Waals surface area contributed by atoms with Crippen molar-refractivity contribution in [2.45, 2.75) is 37.2 Å². The van der Waals surface area contributed by atoms with Gasteiger partial charge in [0.2, 0.25) is 11.8 Å². The van der Waals surface area contributed by atoms with Gasteiger partial charge in [0, 0.05) is 24.5 Å². The van der Waals surface area contributed by atoms with Gasteiger partial charge < -0.3 is 19.7 Å². The lowest BCUT2D eigenvalue weighted by Crippen LogP contribution is -2.53. The number of sulfonamides is 1. The molecule has 4 aromatic carbocycles. The number of methoxy groups -OCH3 is 2. The van der Waals surface area contributed by atoms with E-state index in [0.717, 1.165) is 15.4 Å². The van der Waals surface area contributed by atoms with Crippen LogP contribution >= 0.6 is 11.6 Å². The third-order valence-corrected chi connectivity index (χ3v) is 9.39. The Labute approximate surface area is 275 Å². The molecule has 0 saturated heterocycles. The summed E-state index contributed by atoms with van der Waals surface area (Å²) >= 11 is 6.14. The number of anilines is 1. The summed E-state index contributed by atoms with van der Waals surface area (Å²) in [6.45, 7) is 1.80. The first-order valence-electron chi connectivity index (χ1n) is 14.8. The average molecular weight is 664 g/mol. The van der Waals surface area contributed by atoms with Crippen molar-refractivity contribution in [2.75, 3.05) is 31.6 Å². The molecule has 0 fully saturated rings. The molecular weight excluding hydrogens is 626 g/mol. The Balaban J connectivity index is 1.82. The van der Waals surface area contributed by atoms with Crippen LogP contribution in [0, 0.1) is 0 Å². The number of carbonyl (C=O) groups is 2. The first-order chi connectivity index (χ1) is 22.2. The Kier molecular flexibility index (Phi) is 12.1. The third kappa shape index (κ3) is 8.58. The average Bonchev–Trinajstić information content (AvgIpc) is 3.08. The largest absolute Gasteiger partial charge is 0.497 e. The second-order valence-electron chi connectivity index (χ2n) is 10.5. The first kappa shape index (κ1) is 34.3. The van der Waals surface area contributed by atoms with E-state index in [1.54, 1.807) is 48.5 Å². The van der Waals surface area contributed by atoms with Crippen LogP contribution in [0.25, 0.3) is 0 Å². The van der Waals surface area contributed by atoms with Crippen molar-refractivity contribution in [1.82, 2.24) is 10.2 Å². The highest BCUT2D eigenvalue weighted by Gasteiger charge is 2.35. The molecular formula is C35H38ClN3O6S. The number of rotatable bonds is 15. The highest BCUT2D eigenvalue weighted by atomic mass is 35.5. The van der Waals surface area contributed by atoms with Gasteiger partial charge in [-0.25, -0.2) is 8.42 Å². The normalized spacial score (nSPS) is 11.7. The number of halogens is 1. The standard InChI is InChI=1S/C35H38ClN3O6S/c1-4-22-37-35(41)32(23-26-10-6-5-7-11-26)38(24-27-14-16-28(36)17-15-27)34(40)25-39(31-12-8-9-13-33(31)45-3)46(42,43)30-20-18-29(44-2)19-21-30/h5-21,32H,4,22-25H2,1-3H3,(H,37,41). The molecule has 2 amide bonds. The number of benzene rings is 4. The van der Waals surface area contributed by atoms with Crippen LogP contribution in [0.4, 0.5) is 5.69 Å². The van der Waals surface area contributed by atoms with Crippen LogP contribution in [-0.4, -0.2) is 58.5 Å². The summed E-state index contributed by atoms with van der Waals surface area (Å²) in [7, 11) is -1.39. The van der Waals surface area contributed by atoms with Crippen molar-refractivity contribution < 1.29 is 27.5 Å². The van der Waals surface area contributed by atoms with Crippen molar-refractivity contribution in [3.63, 3.8) is 0 Å². The summed E-state index contributed by atoms with van der Waals surface area (Å²) < 4.78 is 40.3. The van der Waals surface area contributed by atoms with Gasteiger partial charge in [0.05, 0.1) is 24.8 Å². The fourth-order valence-corrected chi connectivity index (χ4v) is 6.48. The Morgan fingerprint density at radius 2 is 1.48 bits per heavy atom. The number of carbonyl (C=O) groups excluding carboxylic acids is 2. The number of para-hydroxylation sites is 2. The molecule has 0 saturated carbocycles. The number of amides is 2. The molecule has 0 spiro atoms. The molecule has 0 aliphatic heterocycles. The molecule has 9 nitrogen and oxygen atoms in total. The minimum Gasteiger partial charge on any atom is -0.497 e. The number of hydrogen-bond acceptors (Lipinski definition) is 6. The maximum Gasteiger partial charge on any atom is 0.264 e. The van der Waals surface area contributed by atoms with E-state index in [9.17, 15) is 18.0 Å². The number of nitrogens with one attached hydrogen (secondary N) is 1. The van der Waals surface area contributed by atoms with Crippen molar-refractivity contribution in [3.8, 4) is 11.5 Å². The molecule has 4 aromatic rings. The summed E-state index contributed by atoms with van der Waals surface area (Å²) in [4.78, 5) is 29.7. The second-order valence-corrected chi connectivity index (χ2v) is 12.8. The lowest BCUT2D eigenvalue weighted by atomic mass is 10.0. The molecule has 242 valence electrons. The zero-order chi connectivity index (χ0) is 33.1. The van der Waals surface area contributed by atoms with E-state index < -0.39 is 28.5 Å². The molecule has 1 unspecified atom stereocenters. The van der Waals surface area contributed by atoms with Gasteiger partial charge in [0.15, 0.2) is 0 Å². The highest BCUT2D eigenvalue weighted by molar-refractivity contribution is 7.92. The molecule has 0 aliphatic carbocycles. The molecule has 46 heavy (non-hydrogen) atoms. The zero-order valence-corrected chi connectivity index (χ0v) is 27.6. The fraction of sp³-hybridized carbons (Fsp3) is 0.257. The maximum absolute atomic E-state index is 14.5. The Bertz CT molecular complexity index is 1700. The molecule has 0 heterocycles. The van der Waals surface area contributed by atoms with Gasteiger partial charge in [-0.3, -0.25) is 13.9 Å². The minimum absolute atomic E-state index is 0.0371. The lowest BCUT2D eigenvalue weighted by Gasteiger charge is -2.34. The third-order valence-electron chi connectivity index (χ3n) is 7.37. The molecule has 1 atom stereocenters. The Hall–Kier alpha value is -4.54. The van der Waals surface area contributed by atoms with Crippen molar-refractivity contribution in [3.05, 3.63) is 119 Å². The molecule has 0 radical (unpaired) electrons. The Morgan fingerprint density at radius 3 is 2.11 bits per heavy atom. The van der Waals surface area contributed by atoms with Crippen molar-refractivity contribution >= 4 is 39.1 Å². The highest BCUT2D eigenvalue weighted by Crippen LogP contribution is 2.33. The quantitative estimate of drug-likeness (QED) is 0.175. The van der Waals surface area contributed by atoms with Gasteiger partial charge in [-0.2, -0.15) is 0 Å². The van der Waals surface area contributed by atoms with Crippen LogP contribution in [0.2, 0.25) is 5.02 Å². The monoisotopic (exact) mass is 663 g/mol. The summed E-state index contributed by atoms with van der Waals surface area (Å²) in [6, 6.07) is 27.9. The van der Waals surface area contributed by atoms with E-state index in [4.69, 9.17) is 21.1 Å². The number of ether oxygens (including phenoxy) is 2. The fourth-order valence-electron chi connectivity index (χ4n) is 4.93. The molecule has 1 N–H and O–H groups in total. The summed E-state index contributed by atoms with van der Waals surface area (Å²) in [5, 5.41) is 3.46. The van der Waals surface area contributed by atoms with Crippen LogP contribution in [0.5, 0.6) is 11.5 Å². The summed E-state index contributed by atoms with van der Waals surface area (Å²) in [6.07, 6.45) is 0.923. The van der Waals surface area contributed by atoms with E-state index in [-0.39, 0.29) is 35.2 Å². The smallest absolute Gasteiger partial charge is 0.264 e. The van der Waals surface area contributed by atoms with Gasteiger partial charge >= 0.3 is 0 Å². The molecule has 4 rings (SSSR count). The number of nitrogens with zero attached hydrogens (tertiary/aromatic N) is 2. The predicted octanol–water partition coefficient (Wildman–Crippen LogP) is 5.72. The van der Waals surface area contributed by atoms with Gasteiger partial charge in [0.25, 0.3) is 10.0 Å². The predicted molar refractivity (Wildman–Crippen MR) is 180 cm³/mol. The van der Waals surface area contributed by atoms with Crippen molar-refractivity contribution in [1.29, 1.82) is 0 Å². The first-order valence-corrected chi connectivity index (χ1v) is 16.6. The van der Waals surface area contributed by atoms with Crippen LogP contribution in [0.3, 0.4) is 0 Å². The molecule has 11 heteroatoms. The van der Waals surface area contributed by atoms with E-state index in [1.807, 2.05) is 37.3 Å². The SMILES string of the molecule is CCCNC(=O)C(Cc1ccccc1)N(Cc1ccc(Cl)cc1)C(=O)CN(c1ccccc1OC)S(=O)(=O)c1ccc(OC)cc1. The van der Waals surface area contributed by atoms with Gasteiger partial charge in [0.1, 0.15) is 24.1 Å². The van der Waals surface area contributed by atoms with Crippen LogP contribution in [-0.2, 0) is 32.6 Å². The summed E-state index contributed by atoms with van der Waals surface area (Å²) in [5.74, 6) is -0.173. The van der Waals surface area contributed by atoms with E-state index >= 15 is 0 Å². The van der Waals surface area contributed by atoms with Crippen LogP contribution in [0.15, 0.2) is 108 Å². The van der Waals surface area contributed by atoms with Gasteiger partial charge in [-0.15, -0.1) is 0 Å². The zero-order valence-electron chi connectivity index (χ0n) is 26.1. The second kappa shape index (κ2) is 16.1. The molecule has 0 bridgehead atoms. The lowest BCUT2D eigenvalue weighted by molar-refractivity contribution is -0.140. The van der Waals surface area contributed by atoms with E-state index in [1.165, 1.54) is 43.4 Å².